The maximum Gasteiger partial charge on any atom is 0.0950 e. The zero-order valence-corrected chi connectivity index (χ0v) is 10.2. The van der Waals surface area contributed by atoms with Crippen LogP contribution in [0.25, 0.3) is 0 Å². The largest absolute Gasteiger partial charge is 0.340 e. The van der Waals surface area contributed by atoms with Gasteiger partial charge in [0, 0.05) is 20.3 Å². The zero-order chi connectivity index (χ0) is 11.7. The topological polar surface area (TPSA) is 47.7 Å². The number of halogens is 1. The minimum Gasteiger partial charge on any atom is -0.340 e. The molecule has 1 atom stereocenters. The third-order valence-electron chi connectivity index (χ3n) is 2.52. The third kappa shape index (κ3) is 1.83. The third-order valence-corrected chi connectivity index (χ3v) is 2.81. The Hall–Kier alpha value is -1.33. The SMILES string of the molecule is CNC(c1cn(C)cn1)c1c(Cl)cnn1C. The van der Waals surface area contributed by atoms with Crippen LogP contribution in [0.4, 0.5) is 0 Å². The molecule has 2 heterocycles. The highest BCUT2D eigenvalue weighted by Gasteiger charge is 2.21. The van der Waals surface area contributed by atoms with E-state index in [1.54, 1.807) is 17.2 Å². The summed E-state index contributed by atoms with van der Waals surface area (Å²) in [4.78, 5) is 4.33. The second-order valence-corrected chi connectivity index (χ2v) is 4.09. The van der Waals surface area contributed by atoms with Crippen LogP contribution in [0.5, 0.6) is 0 Å². The van der Waals surface area contributed by atoms with Crippen molar-refractivity contribution >= 4 is 11.6 Å². The maximum absolute atomic E-state index is 6.12. The zero-order valence-electron chi connectivity index (χ0n) is 9.48. The molecule has 0 aliphatic carbocycles. The molecule has 16 heavy (non-hydrogen) atoms. The van der Waals surface area contributed by atoms with Crippen LogP contribution in [0.15, 0.2) is 18.7 Å². The average molecular weight is 240 g/mol. The Bertz CT molecular complexity index is 468. The van der Waals surface area contributed by atoms with Crippen LogP contribution >= 0.6 is 11.6 Å². The molecule has 5 nitrogen and oxygen atoms in total. The minimum absolute atomic E-state index is 0.0406. The molecule has 0 fully saturated rings. The van der Waals surface area contributed by atoms with E-state index in [9.17, 15) is 0 Å². The first-order valence-electron chi connectivity index (χ1n) is 4.96. The normalized spacial score (nSPS) is 13.0. The molecule has 1 unspecified atom stereocenters. The molecule has 0 bridgehead atoms. The second kappa shape index (κ2) is 4.27. The number of hydrogen-bond donors (Lipinski definition) is 1. The molecular formula is C10H14ClN5. The van der Waals surface area contributed by atoms with Gasteiger partial charge in [0.15, 0.2) is 0 Å². The lowest BCUT2D eigenvalue weighted by molar-refractivity contribution is 0.596. The van der Waals surface area contributed by atoms with Gasteiger partial charge in [0.2, 0.25) is 0 Å². The number of aromatic nitrogens is 4. The Morgan fingerprint density at radius 1 is 1.44 bits per heavy atom. The van der Waals surface area contributed by atoms with Gasteiger partial charge in [0.05, 0.1) is 35.0 Å². The number of nitrogens with zero attached hydrogens (tertiary/aromatic N) is 4. The van der Waals surface area contributed by atoms with E-state index in [4.69, 9.17) is 11.6 Å². The summed E-state index contributed by atoms with van der Waals surface area (Å²) in [5.74, 6) is 0. The molecule has 86 valence electrons. The van der Waals surface area contributed by atoms with E-state index in [1.807, 2.05) is 31.9 Å². The summed E-state index contributed by atoms with van der Waals surface area (Å²) in [5.41, 5.74) is 1.85. The van der Waals surface area contributed by atoms with Gasteiger partial charge in [0.25, 0.3) is 0 Å². The smallest absolute Gasteiger partial charge is 0.0950 e. The van der Waals surface area contributed by atoms with Gasteiger partial charge in [-0.1, -0.05) is 11.6 Å². The summed E-state index contributed by atoms with van der Waals surface area (Å²) in [6.07, 6.45) is 5.37. The summed E-state index contributed by atoms with van der Waals surface area (Å²) >= 11 is 6.12. The molecule has 6 heteroatoms. The van der Waals surface area contributed by atoms with Crippen molar-refractivity contribution in [3.05, 3.63) is 35.1 Å². The first-order chi connectivity index (χ1) is 7.63. The van der Waals surface area contributed by atoms with Crippen molar-refractivity contribution in [2.75, 3.05) is 7.05 Å². The molecular weight excluding hydrogens is 226 g/mol. The summed E-state index contributed by atoms with van der Waals surface area (Å²) in [7, 11) is 5.69. The summed E-state index contributed by atoms with van der Waals surface area (Å²) < 4.78 is 3.67. The Kier molecular flexibility index (Phi) is 2.98. The van der Waals surface area contributed by atoms with Crippen LogP contribution < -0.4 is 5.32 Å². The molecule has 0 radical (unpaired) electrons. The molecule has 1 N–H and O–H groups in total. The molecule has 0 spiro atoms. The van der Waals surface area contributed by atoms with Crippen molar-refractivity contribution in [1.82, 2.24) is 24.6 Å². The fourth-order valence-corrected chi connectivity index (χ4v) is 2.03. The van der Waals surface area contributed by atoms with Crippen molar-refractivity contribution in [1.29, 1.82) is 0 Å². The average Bonchev–Trinajstić information content (AvgIpc) is 2.80. The Balaban J connectivity index is 2.44. The number of aryl methyl sites for hydroxylation is 2. The lowest BCUT2D eigenvalue weighted by Crippen LogP contribution is -2.21. The first-order valence-corrected chi connectivity index (χ1v) is 5.33. The fraction of sp³-hybridized carbons (Fsp3) is 0.400. The van der Waals surface area contributed by atoms with Gasteiger partial charge in [-0.3, -0.25) is 4.68 Å². The predicted octanol–water partition coefficient (Wildman–Crippen LogP) is 1.12. The van der Waals surface area contributed by atoms with E-state index < -0.39 is 0 Å². The lowest BCUT2D eigenvalue weighted by atomic mass is 10.1. The number of rotatable bonds is 3. The number of nitrogens with one attached hydrogen (secondary N) is 1. The molecule has 2 rings (SSSR count). The molecule has 0 saturated heterocycles. The molecule has 0 aromatic carbocycles. The van der Waals surface area contributed by atoms with Gasteiger partial charge in [0.1, 0.15) is 0 Å². The summed E-state index contributed by atoms with van der Waals surface area (Å²) in [6, 6.07) is -0.0406. The fourth-order valence-electron chi connectivity index (χ4n) is 1.75. The van der Waals surface area contributed by atoms with E-state index >= 15 is 0 Å². The Labute approximate surface area is 99.0 Å². The maximum atomic E-state index is 6.12. The van der Waals surface area contributed by atoms with Gasteiger partial charge in [-0.15, -0.1) is 0 Å². The first kappa shape index (κ1) is 11.2. The molecule has 0 saturated carbocycles. The van der Waals surface area contributed by atoms with Crippen molar-refractivity contribution < 1.29 is 0 Å². The molecule has 0 aliphatic rings. The quantitative estimate of drug-likeness (QED) is 0.873. The second-order valence-electron chi connectivity index (χ2n) is 3.69. The Morgan fingerprint density at radius 3 is 2.62 bits per heavy atom. The molecule has 2 aromatic heterocycles. The van der Waals surface area contributed by atoms with Crippen LogP contribution in [-0.4, -0.2) is 26.4 Å². The van der Waals surface area contributed by atoms with Crippen LogP contribution in [-0.2, 0) is 14.1 Å². The van der Waals surface area contributed by atoms with E-state index in [0.29, 0.717) is 5.02 Å². The van der Waals surface area contributed by atoms with Crippen molar-refractivity contribution in [2.24, 2.45) is 14.1 Å². The van der Waals surface area contributed by atoms with Gasteiger partial charge >= 0.3 is 0 Å². The lowest BCUT2D eigenvalue weighted by Gasteiger charge is -2.14. The van der Waals surface area contributed by atoms with Crippen molar-refractivity contribution in [3.8, 4) is 0 Å². The van der Waals surface area contributed by atoms with Crippen LogP contribution in [0.1, 0.15) is 17.4 Å². The summed E-state index contributed by atoms with van der Waals surface area (Å²) in [5, 5.41) is 7.97. The van der Waals surface area contributed by atoms with E-state index in [0.717, 1.165) is 11.4 Å². The highest BCUT2D eigenvalue weighted by atomic mass is 35.5. The highest BCUT2D eigenvalue weighted by molar-refractivity contribution is 6.31. The van der Waals surface area contributed by atoms with Crippen molar-refractivity contribution in [3.63, 3.8) is 0 Å². The van der Waals surface area contributed by atoms with E-state index in [2.05, 4.69) is 15.4 Å². The predicted molar refractivity (Wildman–Crippen MR) is 62.3 cm³/mol. The number of imidazole rings is 1. The summed E-state index contributed by atoms with van der Waals surface area (Å²) in [6.45, 7) is 0. The number of hydrogen-bond acceptors (Lipinski definition) is 3. The molecule has 0 amide bonds. The minimum atomic E-state index is -0.0406. The van der Waals surface area contributed by atoms with Gasteiger partial charge < -0.3 is 9.88 Å². The Morgan fingerprint density at radius 2 is 2.19 bits per heavy atom. The molecule has 2 aromatic rings. The van der Waals surface area contributed by atoms with Gasteiger partial charge in [-0.05, 0) is 7.05 Å². The molecule has 0 aliphatic heterocycles. The van der Waals surface area contributed by atoms with Crippen molar-refractivity contribution in [2.45, 2.75) is 6.04 Å². The standard InChI is InChI=1S/C10H14ClN5/c1-12-9(8-5-15(2)6-13-8)10-7(11)4-14-16(10)3/h4-6,9,12H,1-3H3. The van der Waals surface area contributed by atoms with E-state index in [-0.39, 0.29) is 6.04 Å². The van der Waals surface area contributed by atoms with E-state index in [1.165, 1.54) is 0 Å². The van der Waals surface area contributed by atoms with Gasteiger partial charge in [-0.2, -0.15) is 5.10 Å². The van der Waals surface area contributed by atoms with Gasteiger partial charge in [-0.25, -0.2) is 4.98 Å². The van der Waals surface area contributed by atoms with Crippen LogP contribution in [0.3, 0.4) is 0 Å². The monoisotopic (exact) mass is 239 g/mol. The highest BCUT2D eigenvalue weighted by Crippen LogP contribution is 2.26. The van der Waals surface area contributed by atoms with Crippen LogP contribution in [0, 0.1) is 0 Å². The van der Waals surface area contributed by atoms with Crippen LogP contribution in [0.2, 0.25) is 5.02 Å².